The van der Waals surface area contributed by atoms with E-state index in [0.717, 1.165) is 17.5 Å². The van der Waals surface area contributed by atoms with Crippen molar-refractivity contribution in [2.75, 3.05) is 13.7 Å². The van der Waals surface area contributed by atoms with Crippen LogP contribution in [0.4, 0.5) is 0 Å². The van der Waals surface area contributed by atoms with Gasteiger partial charge in [0.25, 0.3) is 0 Å². The maximum atomic E-state index is 11.3. The summed E-state index contributed by atoms with van der Waals surface area (Å²) in [5.41, 5.74) is 2.84. The maximum Gasteiger partial charge on any atom is 0.358 e. The number of carboxylic acid groups (broad SMARTS) is 1. The topological polar surface area (TPSA) is 77.2 Å². The van der Waals surface area contributed by atoms with Gasteiger partial charge in [-0.05, 0) is 18.9 Å². The quantitative estimate of drug-likeness (QED) is 0.788. The SMILES string of the molecule is COCCCn1nnc(C(=O)O)c1Cc1cccc(C)c1. The molecule has 2 aromatic rings. The number of rotatable bonds is 7. The molecule has 0 saturated heterocycles. The largest absolute Gasteiger partial charge is 0.476 e. The highest BCUT2D eigenvalue weighted by atomic mass is 16.5. The van der Waals surface area contributed by atoms with E-state index in [1.807, 2.05) is 31.2 Å². The van der Waals surface area contributed by atoms with Gasteiger partial charge in [0.2, 0.25) is 0 Å². The van der Waals surface area contributed by atoms with Crippen LogP contribution in [0, 0.1) is 6.92 Å². The standard InChI is InChI=1S/C15H19N3O3/c1-11-5-3-6-12(9-11)10-13-14(15(19)20)16-17-18(13)7-4-8-21-2/h3,5-6,9H,4,7-8,10H2,1-2H3,(H,19,20). The summed E-state index contributed by atoms with van der Waals surface area (Å²) in [6, 6.07) is 7.99. The highest BCUT2D eigenvalue weighted by Gasteiger charge is 2.19. The van der Waals surface area contributed by atoms with E-state index in [1.54, 1.807) is 11.8 Å². The summed E-state index contributed by atoms with van der Waals surface area (Å²) in [7, 11) is 1.64. The van der Waals surface area contributed by atoms with Gasteiger partial charge in [-0.25, -0.2) is 9.48 Å². The number of nitrogens with zero attached hydrogens (tertiary/aromatic N) is 3. The molecule has 1 aromatic carbocycles. The van der Waals surface area contributed by atoms with E-state index in [1.165, 1.54) is 0 Å². The summed E-state index contributed by atoms with van der Waals surface area (Å²) in [6.45, 7) is 3.21. The minimum atomic E-state index is -1.05. The van der Waals surface area contributed by atoms with Gasteiger partial charge >= 0.3 is 5.97 Å². The van der Waals surface area contributed by atoms with Crippen LogP contribution in [0.5, 0.6) is 0 Å². The first-order valence-corrected chi connectivity index (χ1v) is 6.82. The molecule has 0 bridgehead atoms. The van der Waals surface area contributed by atoms with Crippen molar-refractivity contribution in [2.45, 2.75) is 26.3 Å². The minimum absolute atomic E-state index is 0.0222. The van der Waals surface area contributed by atoms with E-state index in [-0.39, 0.29) is 5.69 Å². The number of carboxylic acids is 1. The van der Waals surface area contributed by atoms with Gasteiger partial charge in [-0.15, -0.1) is 5.10 Å². The van der Waals surface area contributed by atoms with Gasteiger partial charge < -0.3 is 9.84 Å². The average Bonchev–Trinajstić information content (AvgIpc) is 2.82. The summed E-state index contributed by atoms with van der Waals surface area (Å²) in [4.78, 5) is 11.3. The van der Waals surface area contributed by atoms with Gasteiger partial charge in [0.15, 0.2) is 5.69 Å². The van der Waals surface area contributed by atoms with Crippen molar-refractivity contribution in [3.63, 3.8) is 0 Å². The monoisotopic (exact) mass is 289 g/mol. The van der Waals surface area contributed by atoms with Gasteiger partial charge in [0.1, 0.15) is 0 Å². The zero-order valence-corrected chi connectivity index (χ0v) is 12.2. The Morgan fingerprint density at radius 2 is 2.24 bits per heavy atom. The van der Waals surface area contributed by atoms with Crippen LogP contribution in [-0.2, 0) is 17.7 Å². The van der Waals surface area contributed by atoms with Crippen LogP contribution in [0.25, 0.3) is 0 Å². The van der Waals surface area contributed by atoms with Crippen LogP contribution in [-0.4, -0.2) is 39.8 Å². The summed E-state index contributed by atoms with van der Waals surface area (Å²) in [6.07, 6.45) is 1.27. The van der Waals surface area contributed by atoms with E-state index in [2.05, 4.69) is 10.3 Å². The molecule has 0 aliphatic rings. The van der Waals surface area contributed by atoms with Gasteiger partial charge in [0.05, 0.1) is 5.69 Å². The Hall–Kier alpha value is -2.21. The predicted octanol–water partition coefficient (Wildman–Crippen LogP) is 1.91. The number of aromatic carboxylic acids is 1. The predicted molar refractivity (Wildman–Crippen MR) is 77.5 cm³/mol. The number of carbonyl (C=O) groups is 1. The molecule has 0 spiro atoms. The van der Waals surface area contributed by atoms with Crippen molar-refractivity contribution in [3.05, 3.63) is 46.8 Å². The fourth-order valence-electron chi connectivity index (χ4n) is 2.23. The first-order valence-electron chi connectivity index (χ1n) is 6.82. The van der Waals surface area contributed by atoms with Gasteiger partial charge in [-0.2, -0.15) is 0 Å². The number of methoxy groups -OCH3 is 1. The third-order valence-electron chi connectivity index (χ3n) is 3.21. The summed E-state index contributed by atoms with van der Waals surface area (Å²) >= 11 is 0. The van der Waals surface area contributed by atoms with E-state index in [0.29, 0.717) is 25.3 Å². The fraction of sp³-hybridized carbons (Fsp3) is 0.400. The molecule has 0 aliphatic heterocycles. The number of hydrogen-bond acceptors (Lipinski definition) is 4. The van der Waals surface area contributed by atoms with Crippen LogP contribution in [0.2, 0.25) is 0 Å². The lowest BCUT2D eigenvalue weighted by Gasteiger charge is -2.07. The summed E-state index contributed by atoms with van der Waals surface area (Å²) < 4.78 is 6.67. The zero-order chi connectivity index (χ0) is 15.2. The molecule has 0 atom stereocenters. The number of aromatic nitrogens is 3. The van der Waals surface area contributed by atoms with E-state index in [4.69, 9.17) is 4.74 Å². The van der Waals surface area contributed by atoms with Crippen molar-refractivity contribution in [2.24, 2.45) is 0 Å². The molecule has 0 aliphatic carbocycles. The van der Waals surface area contributed by atoms with Crippen molar-refractivity contribution in [1.82, 2.24) is 15.0 Å². The number of benzene rings is 1. The Balaban J connectivity index is 2.25. The summed E-state index contributed by atoms with van der Waals surface area (Å²) in [5.74, 6) is -1.05. The Morgan fingerprint density at radius 3 is 2.90 bits per heavy atom. The molecule has 112 valence electrons. The van der Waals surface area contributed by atoms with Crippen LogP contribution in [0.1, 0.15) is 33.7 Å². The normalized spacial score (nSPS) is 10.8. The zero-order valence-electron chi connectivity index (χ0n) is 12.2. The second-order valence-corrected chi connectivity index (χ2v) is 4.93. The first kappa shape index (κ1) is 15.2. The lowest BCUT2D eigenvalue weighted by atomic mass is 10.1. The maximum absolute atomic E-state index is 11.3. The molecule has 0 radical (unpaired) electrons. The molecule has 0 amide bonds. The molecule has 1 N–H and O–H groups in total. The van der Waals surface area contributed by atoms with Crippen molar-refractivity contribution in [1.29, 1.82) is 0 Å². The van der Waals surface area contributed by atoms with Gasteiger partial charge in [-0.1, -0.05) is 35.0 Å². The molecular formula is C15H19N3O3. The average molecular weight is 289 g/mol. The molecule has 2 rings (SSSR count). The number of hydrogen-bond donors (Lipinski definition) is 1. The number of aryl methyl sites for hydroxylation is 2. The molecule has 6 heteroatoms. The van der Waals surface area contributed by atoms with E-state index >= 15 is 0 Å². The molecule has 1 aromatic heterocycles. The van der Waals surface area contributed by atoms with Crippen molar-refractivity contribution >= 4 is 5.97 Å². The molecule has 21 heavy (non-hydrogen) atoms. The van der Waals surface area contributed by atoms with Crippen LogP contribution < -0.4 is 0 Å². The van der Waals surface area contributed by atoms with Crippen LogP contribution in [0.15, 0.2) is 24.3 Å². The van der Waals surface area contributed by atoms with Crippen LogP contribution >= 0.6 is 0 Å². The fourth-order valence-corrected chi connectivity index (χ4v) is 2.23. The minimum Gasteiger partial charge on any atom is -0.476 e. The van der Waals surface area contributed by atoms with Gasteiger partial charge in [0, 0.05) is 26.7 Å². The van der Waals surface area contributed by atoms with Crippen LogP contribution in [0.3, 0.4) is 0 Å². The van der Waals surface area contributed by atoms with Crippen molar-refractivity contribution < 1.29 is 14.6 Å². The van der Waals surface area contributed by atoms with E-state index in [9.17, 15) is 9.90 Å². The second kappa shape index (κ2) is 6.99. The van der Waals surface area contributed by atoms with E-state index < -0.39 is 5.97 Å². The molecule has 6 nitrogen and oxygen atoms in total. The summed E-state index contributed by atoms with van der Waals surface area (Å²) in [5, 5.41) is 17.0. The molecule has 1 heterocycles. The lowest BCUT2D eigenvalue weighted by molar-refractivity contribution is 0.0689. The van der Waals surface area contributed by atoms with Gasteiger partial charge in [-0.3, -0.25) is 0 Å². The molecule has 0 fully saturated rings. The Bertz CT molecular complexity index is 622. The van der Waals surface area contributed by atoms with Crippen molar-refractivity contribution in [3.8, 4) is 0 Å². The third kappa shape index (κ3) is 3.88. The molecular weight excluding hydrogens is 270 g/mol. The number of ether oxygens (including phenoxy) is 1. The molecule has 0 saturated carbocycles. The Labute approximate surface area is 123 Å². The highest BCUT2D eigenvalue weighted by molar-refractivity contribution is 5.86. The Kier molecular flexibility index (Phi) is 5.05. The second-order valence-electron chi connectivity index (χ2n) is 4.93. The smallest absolute Gasteiger partial charge is 0.358 e. The Morgan fingerprint density at radius 1 is 1.43 bits per heavy atom. The highest BCUT2D eigenvalue weighted by Crippen LogP contribution is 2.14. The lowest BCUT2D eigenvalue weighted by Crippen LogP contribution is -2.10. The molecule has 0 unspecified atom stereocenters. The third-order valence-corrected chi connectivity index (χ3v) is 3.21. The first-order chi connectivity index (χ1) is 10.1.